The van der Waals surface area contributed by atoms with Crippen molar-refractivity contribution >= 4 is 23.1 Å². The summed E-state index contributed by atoms with van der Waals surface area (Å²) in [6, 6.07) is 0. The molecule has 154 valence electrons. The van der Waals surface area contributed by atoms with E-state index >= 15 is 4.39 Å². The predicted octanol–water partition coefficient (Wildman–Crippen LogP) is 0.993. The van der Waals surface area contributed by atoms with Crippen LogP contribution < -0.4 is 10.5 Å². The molecule has 0 aliphatic carbocycles. The van der Waals surface area contributed by atoms with E-state index in [9.17, 15) is 9.90 Å². The summed E-state index contributed by atoms with van der Waals surface area (Å²) in [4.78, 5) is 24.3. The van der Waals surface area contributed by atoms with E-state index in [2.05, 4.69) is 15.0 Å². The first-order valence-electron chi connectivity index (χ1n) is 8.99. The fourth-order valence-electron chi connectivity index (χ4n) is 3.12. The SMILES string of the molecule is CCOc1nc(N)nc2c1ncn2C1OC(CO)C(OC(=O)C(C)C)C1(C)F. The zero-order valence-electron chi connectivity index (χ0n) is 16.1. The second kappa shape index (κ2) is 7.47. The summed E-state index contributed by atoms with van der Waals surface area (Å²) in [5, 5.41) is 9.63. The highest BCUT2D eigenvalue weighted by molar-refractivity contribution is 5.77. The lowest BCUT2D eigenvalue weighted by atomic mass is 9.98. The number of aliphatic hydroxyl groups is 1. The summed E-state index contributed by atoms with van der Waals surface area (Å²) in [6.45, 7) is 6.10. The number of nitrogens with two attached hydrogens (primary N) is 1. The molecule has 0 saturated carbocycles. The van der Waals surface area contributed by atoms with Gasteiger partial charge in [0.2, 0.25) is 11.8 Å². The Morgan fingerprint density at radius 2 is 2.21 bits per heavy atom. The number of nitrogen functional groups attached to an aromatic ring is 1. The molecule has 3 N–H and O–H groups in total. The number of halogens is 1. The van der Waals surface area contributed by atoms with E-state index in [-0.39, 0.29) is 17.5 Å². The molecule has 11 heteroatoms. The molecule has 1 saturated heterocycles. The Morgan fingerprint density at radius 3 is 2.82 bits per heavy atom. The number of alkyl halides is 1. The number of imidazole rings is 1. The van der Waals surface area contributed by atoms with E-state index in [0.29, 0.717) is 12.1 Å². The molecule has 28 heavy (non-hydrogen) atoms. The van der Waals surface area contributed by atoms with Gasteiger partial charge in [-0.2, -0.15) is 9.97 Å². The van der Waals surface area contributed by atoms with Gasteiger partial charge in [0, 0.05) is 0 Å². The number of anilines is 1. The van der Waals surface area contributed by atoms with Crippen LogP contribution in [-0.4, -0.2) is 61.7 Å². The van der Waals surface area contributed by atoms with E-state index < -0.39 is 42.6 Å². The summed E-state index contributed by atoms with van der Waals surface area (Å²) in [5.74, 6) is -0.941. The topological polar surface area (TPSA) is 135 Å². The lowest BCUT2D eigenvalue weighted by Gasteiger charge is -2.28. The fourth-order valence-corrected chi connectivity index (χ4v) is 3.12. The average molecular weight is 397 g/mol. The van der Waals surface area contributed by atoms with Crippen LogP contribution in [0.3, 0.4) is 0 Å². The standard InChI is InChI=1S/C17H24FN5O5/c1-5-26-13-10-12(21-16(19)22-13)23(7-20-10)15-17(4,18)11(9(6-24)27-15)28-14(25)8(2)3/h7-9,11,15,24H,5-6H2,1-4H3,(H2,19,21,22). The van der Waals surface area contributed by atoms with Crippen LogP contribution in [0.1, 0.15) is 33.9 Å². The van der Waals surface area contributed by atoms with Gasteiger partial charge in [0.05, 0.1) is 25.5 Å². The Labute approximate surface area is 160 Å². The Bertz CT molecular complexity index is 871. The number of fused-ring (bicyclic) bond motifs is 1. The summed E-state index contributed by atoms with van der Waals surface area (Å²) >= 11 is 0. The van der Waals surface area contributed by atoms with Crippen LogP contribution in [0.4, 0.5) is 10.3 Å². The van der Waals surface area contributed by atoms with Gasteiger partial charge < -0.3 is 25.1 Å². The van der Waals surface area contributed by atoms with E-state index in [1.807, 2.05) is 0 Å². The summed E-state index contributed by atoms with van der Waals surface area (Å²) < 4.78 is 33.5. The zero-order chi connectivity index (χ0) is 20.6. The van der Waals surface area contributed by atoms with Gasteiger partial charge in [-0.25, -0.2) is 9.37 Å². The third-order valence-corrected chi connectivity index (χ3v) is 4.52. The molecule has 4 unspecified atom stereocenters. The first-order valence-corrected chi connectivity index (χ1v) is 8.99. The highest BCUT2D eigenvalue weighted by Gasteiger charge is 2.58. The Hall–Kier alpha value is -2.53. The highest BCUT2D eigenvalue weighted by atomic mass is 19.1. The lowest BCUT2D eigenvalue weighted by molar-refractivity contribution is -0.162. The molecular formula is C17H24FN5O5. The molecule has 2 aromatic heterocycles. The molecule has 4 atom stereocenters. The van der Waals surface area contributed by atoms with Crippen LogP contribution in [0.2, 0.25) is 0 Å². The molecule has 0 spiro atoms. The van der Waals surface area contributed by atoms with E-state index in [1.54, 1.807) is 20.8 Å². The van der Waals surface area contributed by atoms with Crippen molar-refractivity contribution in [3.63, 3.8) is 0 Å². The van der Waals surface area contributed by atoms with E-state index in [0.717, 1.165) is 0 Å². The normalized spacial score (nSPS) is 27.5. The number of carbonyl (C=O) groups is 1. The van der Waals surface area contributed by atoms with Gasteiger partial charge in [-0.15, -0.1) is 0 Å². The van der Waals surface area contributed by atoms with Crippen LogP contribution >= 0.6 is 0 Å². The summed E-state index contributed by atoms with van der Waals surface area (Å²) in [5.41, 5.74) is 4.07. The molecule has 2 aromatic rings. The number of rotatable bonds is 6. The highest BCUT2D eigenvalue weighted by Crippen LogP contribution is 2.44. The van der Waals surface area contributed by atoms with Crippen molar-refractivity contribution in [1.82, 2.24) is 19.5 Å². The van der Waals surface area contributed by atoms with Crippen molar-refractivity contribution in [2.24, 2.45) is 5.92 Å². The number of carbonyl (C=O) groups excluding carboxylic acids is 1. The van der Waals surface area contributed by atoms with Crippen LogP contribution in [0.5, 0.6) is 5.88 Å². The van der Waals surface area contributed by atoms with Gasteiger partial charge in [-0.3, -0.25) is 9.36 Å². The predicted molar refractivity (Wildman–Crippen MR) is 96.1 cm³/mol. The molecule has 3 rings (SSSR count). The number of nitrogens with zero attached hydrogens (tertiary/aromatic N) is 4. The number of aliphatic hydroxyl groups excluding tert-OH is 1. The minimum absolute atomic E-state index is 0.0715. The third-order valence-electron chi connectivity index (χ3n) is 4.52. The van der Waals surface area contributed by atoms with Gasteiger partial charge in [-0.05, 0) is 13.8 Å². The molecule has 0 aromatic carbocycles. The number of aromatic nitrogens is 4. The zero-order valence-corrected chi connectivity index (χ0v) is 16.1. The summed E-state index contributed by atoms with van der Waals surface area (Å²) in [7, 11) is 0. The maximum absolute atomic E-state index is 15.8. The number of esters is 1. The fraction of sp³-hybridized carbons (Fsp3) is 0.647. The third kappa shape index (κ3) is 3.35. The second-order valence-electron chi connectivity index (χ2n) is 7.02. The molecule has 10 nitrogen and oxygen atoms in total. The molecule has 0 radical (unpaired) electrons. The van der Waals surface area contributed by atoms with Crippen LogP contribution in [-0.2, 0) is 14.3 Å². The van der Waals surface area contributed by atoms with Crippen LogP contribution in [0, 0.1) is 5.92 Å². The Morgan fingerprint density at radius 1 is 1.50 bits per heavy atom. The maximum Gasteiger partial charge on any atom is 0.308 e. The lowest BCUT2D eigenvalue weighted by Crippen LogP contribution is -2.44. The monoisotopic (exact) mass is 397 g/mol. The minimum Gasteiger partial charge on any atom is -0.476 e. The van der Waals surface area contributed by atoms with Crippen molar-refractivity contribution in [3.05, 3.63) is 6.33 Å². The average Bonchev–Trinajstić information content (AvgIpc) is 3.14. The molecule has 3 heterocycles. The molecule has 1 aliphatic heterocycles. The minimum atomic E-state index is -2.17. The quantitative estimate of drug-likeness (QED) is 0.684. The largest absolute Gasteiger partial charge is 0.476 e. The first-order chi connectivity index (χ1) is 13.2. The molecule has 0 amide bonds. The van der Waals surface area contributed by atoms with Crippen molar-refractivity contribution in [2.45, 2.75) is 51.8 Å². The van der Waals surface area contributed by atoms with E-state index in [1.165, 1.54) is 17.8 Å². The second-order valence-corrected chi connectivity index (χ2v) is 7.02. The first kappa shape index (κ1) is 20.2. The Kier molecular flexibility index (Phi) is 5.39. The van der Waals surface area contributed by atoms with Gasteiger partial charge in [0.1, 0.15) is 6.10 Å². The van der Waals surface area contributed by atoms with Crippen LogP contribution in [0.25, 0.3) is 11.2 Å². The Balaban J connectivity index is 2.03. The molecule has 1 aliphatic rings. The van der Waals surface area contributed by atoms with Gasteiger partial charge in [0.15, 0.2) is 29.2 Å². The van der Waals surface area contributed by atoms with Crippen molar-refractivity contribution < 1.29 is 28.5 Å². The smallest absolute Gasteiger partial charge is 0.308 e. The maximum atomic E-state index is 15.8. The number of ether oxygens (including phenoxy) is 3. The van der Waals surface area contributed by atoms with Gasteiger partial charge >= 0.3 is 5.97 Å². The summed E-state index contributed by atoms with van der Waals surface area (Å²) in [6.07, 6.45) is -2.29. The molecule has 0 bridgehead atoms. The molecular weight excluding hydrogens is 373 g/mol. The van der Waals surface area contributed by atoms with Crippen molar-refractivity contribution in [2.75, 3.05) is 18.9 Å². The van der Waals surface area contributed by atoms with E-state index in [4.69, 9.17) is 19.9 Å². The number of hydrogen-bond donors (Lipinski definition) is 2. The van der Waals surface area contributed by atoms with Crippen molar-refractivity contribution in [3.8, 4) is 5.88 Å². The van der Waals surface area contributed by atoms with Gasteiger partial charge in [-0.1, -0.05) is 13.8 Å². The van der Waals surface area contributed by atoms with Crippen molar-refractivity contribution in [1.29, 1.82) is 0 Å². The van der Waals surface area contributed by atoms with Gasteiger partial charge in [0.25, 0.3) is 0 Å². The van der Waals surface area contributed by atoms with Crippen LogP contribution in [0.15, 0.2) is 6.33 Å². The molecule has 1 fully saturated rings. The number of hydrogen-bond acceptors (Lipinski definition) is 9.